The maximum atomic E-state index is 15.0. The largest absolute Gasteiger partial charge is 0.506 e. The minimum Gasteiger partial charge on any atom is -0.506 e. The molecule has 0 aliphatic rings. The first kappa shape index (κ1) is 22.1. The van der Waals surface area contributed by atoms with Gasteiger partial charge in [-0.1, -0.05) is 5.16 Å². The molecule has 2 N–H and O–H groups in total. The van der Waals surface area contributed by atoms with Crippen molar-refractivity contribution in [1.82, 2.24) is 15.1 Å². The summed E-state index contributed by atoms with van der Waals surface area (Å²) in [7, 11) is 0. The molecule has 4 aromatic rings. The Morgan fingerprint density at radius 1 is 1.09 bits per heavy atom. The fourth-order valence-corrected chi connectivity index (χ4v) is 3.48. The SMILES string of the molecule is Cc1cc(OCc2noc(=O)[nH]2)c(F)c(C)c1Cc1ccc(O)c(-c2cc(F)cc(F)c2)n1. The number of aryl methyl sites for hydroxylation is 1. The normalized spacial score (nSPS) is 11.1. The number of benzene rings is 2. The van der Waals surface area contributed by atoms with Crippen LogP contribution in [0.4, 0.5) is 13.2 Å². The van der Waals surface area contributed by atoms with Crippen LogP contribution in [0.5, 0.6) is 11.5 Å². The second-order valence-electron chi connectivity index (χ2n) is 7.44. The molecule has 2 aromatic heterocycles. The zero-order valence-corrected chi connectivity index (χ0v) is 17.6. The Bertz CT molecular complexity index is 1380. The number of aromatic nitrogens is 3. The van der Waals surface area contributed by atoms with E-state index in [1.54, 1.807) is 19.9 Å². The number of rotatable bonds is 6. The van der Waals surface area contributed by atoms with Crippen LogP contribution in [0, 0.1) is 31.3 Å². The van der Waals surface area contributed by atoms with Crippen molar-refractivity contribution < 1.29 is 27.5 Å². The molecule has 0 bridgehead atoms. The number of nitrogens with one attached hydrogen (secondary N) is 1. The van der Waals surface area contributed by atoms with Gasteiger partial charge in [0.1, 0.15) is 29.7 Å². The van der Waals surface area contributed by atoms with Gasteiger partial charge in [0, 0.05) is 23.7 Å². The Labute approximate surface area is 185 Å². The Morgan fingerprint density at radius 2 is 1.82 bits per heavy atom. The van der Waals surface area contributed by atoms with E-state index in [0.29, 0.717) is 22.4 Å². The summed E-state index contributed by atoms with van der Waals surface area (Å²) in [6.45, 7) is 3.18. The number of hydrogen-bond donors (Lipinski definition) is 2. The van der Waals surface area contributed by atoms with Gasteiger partial charge in [-0.3, -0.25) is 9.51 Å². The Kier molecular flexibility index (Phi) is 5.91. The van der Waals surface area contributed by atoms with Crippen LogP contribution in [-0.2, 0) is 13.0 Å². The molecule has 0 saturated carbocycles. The molecule has 7 nitrogen and oxygen atoms in total. The standard InChI is InChI=1S/C23H18F3N3O4/c1-11-5-19(32-10-20-28-23(31)33-29-20)21(26)12(2)17(11)9-16-3-4-18(30)22(27-16)13-6-14(24)8-15(25)7-13/h3-8,30H,9-10H2,1-2H3,(H,28,29,31). The number of aromatic hydroxyl groups is 1. The van der Waals surface area contributed by atoms with Gasteiger partial charge >= 0.3 is 5.76 Å². The van der Waals surface area contributed by atoms with Gasteiger partial charge in [0.2, 0.25) is 0 Å². The maximum Gasteiger partial charge on any atom is 0.439 e. The van der Waals surface area contributed by atoms with Gasteiger partial charge in [-0.2, -0.15) is 0 Å². The number of H-pyrrole nitrogens is 1. The lowest BCUT2D eigenvalue weighted by atomic mass is 9.97. The number of aromatic amines is 1. The second kappa shape index (κ2) is 8.81. The lowest BCUT2D eigenvalue weighted by molar-refractivity contribution is 0.271. The van der Waals surface area contributed by atoms with Crippen LogP contribution in [0.15, 0.2) is 45.7 Å². The van der Waals surface area contributed by atoms with Gasteiger partial charge in [-0.15, -0.1) is 0 Å². The minimum absolute atomic E-state index is 0.0169. The summed E-state index contributed by atoms with van der Waals surface area (Å²) in [6.07, 6.45) is 0.205. The van der Waals surface area contributed by atoms with Crippen molar-refractivity contribution in [2.75, 3.05) is 0 Å². The van der Waals surface area contributed by atoms with Crippen LogP contribution in [0.2, 0.25) is 0 Å². The van der Waals surface area contributed by atoms with E-state index >= 15 is 0 Å². The fourth-order valence-electron chi connectivity index (χ4n) is 3.48. The number of hydrogen-bond acceptors (Lipinski definition) is 6. The van der Waals surface area contributed by atoms with Gasteiger partial charge < -0.3 is 9.84 Å². The second-order valence-corrected chi connectivity index (χ2v) is 7.44. The smallest absolute Gasteiger partial charge is 0.439 e. The number of pyridine rings is 1. The first-order chi connectivity index (χ1) is 15.7. The van der Waals surface area contributed by atoms with E-state index in [1.807, 2.05) is 0 Å². The monoisotopic (exact) mass is 457 g/mol. The molecule has 0 atom stereocenters. The Balaban J connectivity index is 1.62. The Morgan fingerprint density at radius 3 is 2.48 bits per heavy atom. The molecular formula is C23H18F3N3O4. The molecule has 10 heteroatoms. The average molecular weight is 457 g/mol. The van der Waals surface area contributed by atoms with Gasteiger partial charge in [0.25, 0.3) is 0 Å². The zero-order chi connectivity index (χ0) is 23.7. The molecule has 0 amide bonds. The van der Waals surface area contributed by atoms with Crippen molar-refractivity contribution in [3.05, 3.63) is 92.6 Å². The molecule has 0 spiro atoms. The topological polar surface area (TPSA) is 101 Å². The van der Waals surface area contributed by atoms with Gasteiger partial charge in [0.15, 0.2) is 17.4 Å². The molecular weight excluding hydrogens is 439 g/mol. The summed E-state index contributed by atoms with van der Waals surface area (Å²) in [5.41, 5.74) is 2.25. The van der Waals surface area contributed by atoms with Gasteiger partial charge in [-0.05, 0) is 60.9 Å². The van der Waals surface area contributed by atoms with Crippen LogP contribution >= 0.6 is 0 Å². The third-order valence-corrected chi connectivity index (χ3v) is 5.10. The van der Waals surface area contributed by atoms with Crippen LogP contribution in [0.25, 0.3) is 11.3 Å². The third-order valence-electron chi connectivity index (χ3n) is 5.10. The van der Waals surface area contributed by atoms with E-state index in [0.717, 1.165) is 18.2 Å². The van der Waals surface area contributed by atoms with Crippen molar-refractivity contribution in [2.45, 2.75) is 26.9 Å². The van der Waals surface area contributed by atoms with E-state index in [-0.39, 0.29) is 41.6 Å². The first-order valence-corrected chi connectivity index (χ1v) is 9.83. The van der Waals surface area contributed by atoms with E-state index in [1.165, 1.54) is 12.1 Å². The van der Waals surface area contributed by atoms with Crippen LogP contribution in [-0.4, -0.2) is 20.2 Å². The molecule has 0 unspecified atom stereocenters. The average Bonchev–Trinajstić information content (AvgIpc) is 3.18. The molecule has 33 heavy (non-hydrogen) atoms. The first-order valence-electron chi connectivity index (χ1n) is 9.83. The predicted molar refractivity (Wildman–Crippen MR) is 111 cm³/mol. The lowest BCUT2D eigenvalue weighted by Crippen LogP contribution is -2.06. The van der Waals surface area contributed by atoms with Crippen LogP contribution in [0.3, 0.4) is 0 Å². The van der Waals surface area contributed by atoms with Crippen molar-refractivity contribution in [1.29, 1.82) is 0 Å². The molecule has 0 aliphatic carbocycles. The molecule has 4 rings (SSSR count). The van der Waals surface area contributed by atoms with E-state index in [2.05, 4.69) is 19.6 Å². The van der Waals surface area contributed by atoms with Crippen LogP contribution < -0.4 is 10.5 Å². The summed E-state index contributed by atoms with van der Waals surface area (Å²) in [6, 6.07) is 7.30. The zero-order valence-electron chi connectivity index (χ0n) is 17.6. The quantitative estimate of drug-likeness (QED) is 0.447. The molecule has 2 heterocycles. The number of nitrogens with zero attached hydrogens (tertiary/aromatic N) is 2. The van der Waals surface area contributed by atoms with Crippen molar-refractivity contribution in [3.63, 3.8) is 0 Å². The highest BCUT2D eigenvalue weighted by Gasteiger charge is 2.17. The van der Waals surface area contributed by atoms with Crippen molar-refractivity contribution in [2.24, 2.45) is 0 Å². The molecule has 0 fully saturated rings. The molecule has 2 aromatic carbocycles. The summed E-state index contributed by atoms with van der Waals surface area (Å²) in [5.74, 6) is -3.06. The van der Waals surface area contributed by atoms with E-state index < -0.39 is 23.2 Å². The number of ether oxygens (including phenoxy) is 1. The minimum atomic E-state index is -0.796. The summed E-state index contributed by atoms with van der Waals surface area (Å²) < 4.78 is 52.0. The lowest BCUT2D eigenvalue weighted by Gasteiger charge is -2.15. The molecule has 0 radical (unpaired) electrons. The summed E-state index contributed by atoms with van der Waals surface area (Å²) >= 11 is 0. The van der Waals surface area contributed by atoms with Gasteiger partial charge in [-0.25, -0.2) is 22.9 Å². The van der Waals surface area contributed by atoms with Crippen molar-refractivity contribution in [3.8, 4) is 22.8 Å². The molecule has 0 saturated heterocycles. The summed E-state index contributed by atoms with van der Waals surface area (Å²) in [4.78, 5) is 17.6. The van der Waals surface area contributed by atoms with Crippen LogP contribution in [0.1, 0.15) is 28.2 Å². The molecule has 170 valence electrons. The third kappa shape index (κ3) is 4.74. The van der Waals surface area contributed by atoms with E-state index in [4.69, 9.17) is 4.74 Å². The molecule has 0 aliphatic heterocycles. The summed E-state index contributed by atoms with van der Waals surface area (Å²) in [5, 5.41) is 13.6. The van der Waals surface area contributed by atoms with Gasteiger partial charge in [0.05, 0.1) is 0 Å². The predicted octanol–water partition coefficient (Wildman–Crippen LogP) is 4.33. The highest BCUT2D eigenvalue weighted by Crippen LogP contribution is 2.32. The highest BCUT2D eigenvalue weighted by molar-refractivity contribution is 5.66. The Hall–Kier alpha value is -4.08. The fraction of sp³-hybridized carbons (Fsp3) is 0.174. The maximum absolute atomic E-state index is 15.0. The highest BCUT2D eigenvalue weighted by atomic mass is 19.1. The van der Waals surface area contributed by atoms with Crippen molar-refractivity contribution >= 4 is 0 Å². The van der Waals surface area contributed by atoms with E-state index in [9.17, 15) is 23.1 Å². The number of halogens is 3.